The maximum atomic E-state index is 11.7. The number of rotatable bonds is 2. The van der Waals surface area contributed by atoms with Gasteiger partial charge in [0.05, 0.1) is 17.3 Å². The molecule has 0 bridgehead atoms. The molecule has 4 rings (SSSR count). The van der Waals surface area contributed by atoms with Gasteiger partial charge < -0.3 is 4.74 Å². The predicted octanol–water partition coefficient (Wildman–Crippen LogP) is 4.37. The van der Waals surface area contributed by atoms with E-state index in [2.05, 4.69) is 17.1 Å². The number of ether oxygens (including phenoxy) is 1. The SMILES string of the molecule is CC(=O)OC1Cc2c(C#N)cccc2Cc2cc(-c3ccccc3)cnc21. The fourth-order valence-corrected chi connectivity index (χ4v) is 3.67. The summed E-state index contributed by atoms with van der Waals surface area (Å²) in [4.78, 5) is 16.3. The Morgan fingerprint density at radius 3 is 2.67 bits per heavy atom. The van der Waals surface area contributed by atoms with Crippen LogP contribution in [-0.2, 0) is 22.4 Å². The third kappa shape index (κ3) is 3.32. The fourth-order valence-electron chi connectivity index (χ4n) is 3.67. The predicted molar refractivity (Wildman–Crippen MR) is 102 cm³/mol. The van der Waals surface area contributed by atoms with E-state index in [1.165, 1.54) is 6.92 Å². The molecular formula is C23H18N2O2. The lowest BCUT2D eigenvalue weighted by molar-refractivity contribution is -0.146. The van der Waals surface area contributed by atoms with E-state index < -0.39 is 6.10 Å². The molecular weight excluding hydrogens is 336 g/mol. The summed E-state index contributed by atoms with van der Waals surface area (Å²) < 4.78 is 5.59. The van der Waals surface area contributed by atoms with Crippen molar-refractivity contribution in [1.29, 1.82) is 5.26 Å². The van der Waals surface area contributed by atoms with Crippen molar-refractivity contribution in [2.75, 3.05) is 0 Å². The van der Waals surface area contributed by atoms with Crippen molar-refractivity contribution in [3.05, 3.63) is 88.7 Å². The molecule has 3 aromatic rings. The van der Waals surface area contributed by atoms with Crippen LogP contribution in [0.4, 0.5) is 0 Å². The van der Waals surface area contributed by atoms with E-state index in [4.69, 9.17) is 4.74 Å². The van der Waals surface area contributed by atoms with Gasteiger partial charge in [0.15, 0.2) is 0 Å². The molecule has 0 spiro atoms. The van der Waals surface area contributed by atoms with Gasteiger partial charge in [0.2, 0.25) is 0 Å². The molecule has 0 saturated heterocycles. The van der Waals surface area contributed by atoms with Crippen LogP contribution in [0.2, 0.25) is 0 Å². The van der Waals surface area contributed by atoms with Gasteiger partial charge in [0.1, 0.15) is 6.10 Å². The first-order chi connectivity index (χ1) is 13.2. The summed E-state index contributed by atoms with van der Waals surface area (Å²) in [6, 6.07) is 20.2. The lowest BCUT2D eigenvalue weighted by atomic mass is 9.96. The third-order valence-electron chi connectivity index (χ3n) is 4.89. The van der Waals surface area contributed by atoms with Crippen LogP contribution in [0.25, 0.3) is 11.1 Å². The van der Waals surface area contributed by atoms with E-state index in [-0.39, 0.29) is 5.97 Å². The first kappa shape index (κ1) is 17.0. The van der Waals surface area contributed by atoms with E-state index >= 15 is 0 Å². The quantitative estimate of drug-likeness (QED) is 0.641. The second-order valence-corrected chi connectivity index (χ2v) is 6.67. The Hall–Kier alpha value is -3.45. The van der Waals surface area contributed by atoms with Gasteiger partial charge in [0.25, 0.3) is 0 Å². The molecule has 0 N–H and O–H groups in total. The van der Waals surface area contributed by atoms with Crippen molar-refractivity contribution in [3.8, 4) is 17.2 Å². The van der Waals surface area contributed by atoms with Gasteiger partial charge in [-0.15, -0.1) is 0 Å². The van der Waals surface area contributed by atoms with E-state index in [1.54, 1.807) is 0 Å². The Bertz CT molecular complexity index is 1050. The average Bonchev–Trinajstić information content (AvgIpc) is 2.84. The molecule has 0 aliphatic heterocycles. The molecule has 0 amide bonds. The van der Waals surface area contributed by atoms with E-state index in [0.717, 1.165) is 33.5 Å². The van der Waals surface area contributed by atoms with Crippen LogP contribution in [0.15, 0.2) is 60.8 Å². The van der Waals surface area contributed by atoms with Gasteiger partial charge in [0, 0.05) is 25.1 Å². The molecule has 0 radical (unpaired) electrons. The van der Waals surface area contributed by atoms with E-state index in [1.807, 2.05) is 54.7 Å². The summed E-state index contributed by atoms with van der Waals surface area (Å²) in [5.74, 6) is -0.349. The number of carbonyl (C=O) groups excluding carboxylic acids is 1. The smallest absolute Gasteiger partial charge is 0.303 e. The number of pyridine rings is 1. The minimum absolute atomic E-state index is 0.349. The number of fused-ring (bicyclic) bond motifs is 2. The number of hydrogen-bond acceptors (Lipinski definition) is 4. The number of nitriles is 1. The van der Waals surface area contributed by atoms with Crippen molar-refractivity contribution in [3.63, 3.8) is 0 Å². The van der Waals surface area contributed by atoms with Gasteiger partial charge in [-0.25, -0.2) is 0 Å². The highest BCUT2D eigenvalue weighted by Crippen LogP contribution is 2.35. The Labute approximate surface area is 158 Å². The van der Waals surface area contributed by atoms with Crippen molar-refractivity contribution in [2.24, 2.45) is 0 Å². The number of nitrogens with zero attached hydrogens (tertiary/aromatic N) is 2. The minimum Gasteiger partial charge on any atom is -0.456 e. The highest BCUT2D eigenvalue weighted by molar-refractivity contribution is 5.67. The number of benzene rings is 2. The van der Waals surface area contributed by atoms with Crippen molar-refractivity contribution in [1.82, 2.24) is 4.98 Å². The molecule has 27 heavy (non-hydrogen) atoms. The average molecular weight is 354 g/mol. The molecule has 0 saturated carbocycles. The summed E-state index contributed by atoms with van der Waals surface area (Å²) in [7, 11) is 0. The summed E-state index contributed by atoms with van der Waals surface area (Å²) in [6.07, 6.45) is 2.46. The maximum Gasteiger partial charge on any atom is 0.303 e. The zero-order valence-electron chi connectivity index (χ0n) is 15.0. The number of carbonyl (C=O) groups is 1. The maximum absolute atomic E-state index is 11.7. The Balaban J connectivity index is 1.86. The standard InChI is InChI=1S/C23H18N2O2/c1-15(26)27-22-12-21-17(8-5-9-18(21)13-24)10-19-11-20(14-25-23(19)22)16-6-3-2-4-7-16/h2-9,11,14,22H,10,12H2,1H3. The molecule has 1 unspecified atom stereocenters. The summed E-state index contributed by atoms with van der Waals surface area (Å²) in [6.45, 7) is 1.40. The first-order valence-corrected chi connectivity index (χ1v) is 8.88. The molecule has 4 heteroatoms. The molecule has 4 nitrogen and oxygen atoms in total. The zero-order valence-corrected chi connectivity index (χ0v) is 15.0. The largest absolute Gasteiger partial charge is 0.456 e. The van der Waals surface area contributed by atoms with Crippen LogP contribution >= 0.6 is 0 Å². The summed E-state index contributed by atoms with van der Waals surface area (Å²) in [5.41, 5.74) is 6.55. The molecule has 1 atom stereocenters. The van der Waals surface area contributed by atoms with Crippen molar-refractivity contribution < 1.29 is 9.53 Å². The monoisotopic (exact) mass is 354 g/mol. The second-order valence-electron chi connectivity index (χ2n) is 6.67. The van der Waals surface area contributed by atoms with Gasteiger partial charge in [-0.1, -0.05) is 42.5 Å². The molecule has 1 aliphatic rings. The van der Waals surface area contributed by atoms with Crippen LogP contribution in [0.5, 0.6) is 0 Å². The fraction of sp³-hybridized carbons (Fsp3) is 0.174. The van der Waals surface area contributed by atoms with Crippen molar-refractivity contribution in [2.45, 2.75) is 25.9 Å². The number of aromatic nitrogens is 1. The summed E-state index contributed by atoms with van der Waals surface area (Å²) >= 11 is 0. The molecule has 2 aromatic carbocycles. The zero-order chi connectivity index (χ0) is 18.8. The summed E-state index contributed by atoms with van der Waals surface area (Å²) in [5, 5.41) is 9.49. The van der Waals surface area contributed by atoms with Crippen LogP contribution in [0.3, 0.4) is 0 Å². The van der Waals surface area contributed by atoms with Gasteiger partial charge >= 0.3 is 5.97 Å². The third-order valence-corrected chi connectivity index (χ3v) is 4.89. The Morgan fingerprint density at radius 1 is 1.11 bits per heavy atom. The van der Waals surface area contributed by atoms with E-state index in [0.29, 0.717) is 18.4 Å². The normalized spacial score (nSPS) is 15.0. The number of esters is 1. The van der Waals surface area contributed by atoms with Crippen molar-refractivity contribution >= 4 is 5.97 Å². The Morgan fingerprint density at radius 2 is 1.93 bits per heavy atom. The van der Waals surface area contributed by atoms with Crippen LogP contribution < -0.4 is 0 Å². The first-order valence-electron chi connectivity index (χ1n) is 8.88. The number of hydrogen-bond donors (Lipinski definition) is 0. The molecule has 1 aliphatic carbocycles. The van der Waals surface area contributed by atoms with Gasteiger partial charge in [-0.05, 0) is 40.8 Å². The van der Waals surface area contributed by atoms with Crippen LogP contribution in [-0.4, -0.2) is 11.0 Å². The highest BCUT2D eigenvalue weighted by atomic mass is 16.5. The lowest BCUT2D eigenvalue weighted by Gasteiger charge is -2.18. The second kappa shape index (κ2) is 7.05. The topological polar surface area (TPSA) is 63.0 Å². The van der Waals surface area contributed by atoms with Gasteiger partial charge in [-0.3, -0.25) is 9.78 Å². The van der Waals surface area contributed by atoms with Crippen LogP contribution in [0, 0.1) is 11.3 Å². The molecule has 1 aromatic heterocycles. The molecule has 1 heterocycles. The van der Waals surface area contributed by atoms with E-state index in [9.17, 15) is 10.1 Å². The van der Waals surface area contributed by atoms with Crippen LogP contribution in [0.1, 0.15) is 41.0 Å². The lowest BCUT2D eigenvalue weighted by Crippen LogP contribution is -2.14. The minimum atomic E-state index is -0.488. The van der Waals surface area contributed by atoms with Gasteiger partial charge in [-0.2, -0.15) is 5.26 Å². The highest BCUT2D eigenvalue weighted by Gasteiger charge is 2.27. The molecule has 132 valence electrons. The Kier molecular flexibility index (Phi) is 4.43. The molecule has 0 fully saturated rings.